The van der Waals surface area contributed by atoms with Crippen molar-refractivity contribution in [1.29, 1.82) is 0 Å². The number of hydrogen-bond donors (Lipinski definition) is 3. The Morgan fingerprint density at radius 2 is 2.57 bits per heavy atom. The molecule has 1 saturated heterocycles. The molecule has 1 atom stereocenters. The van der Waals surface area contributed by atoms with Crippen molar-refractivity contribution in [1.82, 2.24) is 10.6 Å². The maximum atomic E-state index is 10.2. The topological polar surface area (TPSA) is 41.1 Å². The number of amides is 1. The Morgan fingerprint density at radius 1 is 1.86 bits per heavy atom. The minimum absolute atomic E-state index is 0.0139. The number of nitrogens with one attached hydrogen (secondary N) is 2. The van der Waals surface area contributed by atoms with E-state index in [1.54, 1.807) is 0 Å². The summed E-state index contributed by atoms with van der Waals surface area (Å²) in [4.78, 5) is 10.2. The molecule has 7 heavy (non-hydrogen) atoms. The first-order valence-corrected chi connectivity index (χ1v) is 2.51. The third-order valence-electron chi connectivity index (χ3n) is 0.754. The molecular formula is C3H6N2OS. The highest BCUT2D eigenvalue weighted by atomic mass is 32.1. The van der Waals surface area contributed by atoms with Crippen molar-refractivity contribution in [2.45, 2.75) is 5.50 Å². The molecular weight excluding hydrogens is 112 g/mol. The predicted octanol–water partition coefficient (Wildman–Crippen LogP) is -1.08. The Morgan fingerprint density at radius 3 is 2.71 bits per heavy atom. The van der Waals surface area contributed by atoms with E-state index in [0.29, 0.717) is 6.54 Å². The van der Waals surface area contributed by atoms with Gasteiger partial charge in [0, 0.05) is 0 Å². The van der Waals surface area contributed by atoms with Gasteiger partial charge in [0.25, 0.3) is 0 Å². The number of carbonyl (C=O) groups is 1. The second-order valence-corrected chi connectivity index (χ2v) is 1.87. The summed E-state index contributed by atoms with van der Waals surface area (Å²) < 4.78 is 0. The van der Waals surface area contributed by atoms with Crippen LogP contribution in [0.4, 0.5) is 0 Å². The monoisotopic (exact) mass is 118 g/mol. The minimum atomic E-state index is -0.132. The van der Waals surface area contributed by atoms with E-state index in [1.807, 2.05) is 0 Å². The summed E-state index contributed by atoms with van der Waals surface area (Å²) in [5.74, 6) is 0.0139. The Kier molecular flexibility index (Phi) is 1.21. The second-order valence-electron chi connectivity index (χ2n) is 1.35. The highest BCUT2D eigenvalue weighted by molar-refractivity contribution is 7.80. The van der Waals surface area contributed by atoms with Gasteiger partial charge >= 0.3 is 0 Å². The summed E-state index contributed by atoms with van der Waals surface area (Å²) >= 11 is 3.91. The molecule has 0 bridgehead atoms. The van der Waals surface area contributed by atoms with Crippen LogP contribution in [0.1, 0.15) is 0 Å². The van der Waals surface area contributed by atoms with Crippen molar-refractivity contribution in [3.8, 4) is 0 Å². The molecule has 0 spiro atoms. The Labute approximate surface area is 46.9 Å². The Bertz CT molecular complexity index is 94.9. The molecule has 0 aromatic heterocycles. The zero-order valence-electron chi connectivity index (χ0n) is 3.64. The van der Waals surface area contributed by atoms with Crippen LogP contribution in [0, 0.1) is 0 Å². The van der Waals surface area contributed by atoms with Crippen molar-refractivity contribution >= 4 is 18.5 Å². The van der Waals surface area contributed by atoms with Crippen molar-refractivity contribution in [3.05, 3.63) is 0 Å². The molecule has 1 heterocycles. The summed E-state index contributed by atoms with van der Waals surface area (Å²) in [7, 11) is 0. The highest BCUT2D eigenvalue weighted by Gasteiger charge is 2.14. The van der Waals surface area contributed by atoms with E-state index < -0.39 is 0 Å². The maximum Gasteiger partial charge on any atom is 0.235 e. The number of thiol groups is 1. The van der Waals surface area contributed by atoms with Crippen LogP contribution in [0.25, 0.3) is 0 Å². The summed E-state index contributed by atoms with van der Waals surface area (Å²) in [6.45, 7) is 0.397. The average molecular weight is 118 g/mol. The molecule has 1 unspecified atom stereocenters. The third kappa shape index (κ3) is 1.07. The highest BCUT2D eigenvalue weighted by Crippen LogP contribution is 1.88. The van der Waals surface area contributed by atoms with E-state index in [4.69, 9.17) is 0 Å². The largest absolute Gasteiger partial charge is 0.331 e. The van der Waals surface area contributed by atoms with Crippen LogP contribution in [0.3, 0.4) is 0 Å². The van der Waals surface area contributed by atoms with Gasteiger partial charge in [-0.05, 0) is 0 Å². The Hall–Kier alpha value is -0.220. The van der Waals surface area contributed by atoms with Gasteiger partial charge in [0.05, 0.1) is 6.54 Å². The molecule has 0 aliphatic carbocycles. The van der Waals surface area contributed by atoms with E-state index in [9.17, 15) is 4.79 Å². The molecule has 0 saturated carbocycles. The normalized spacial score (nSPS) is 30.4. The second kappa shape index (κ2) is 1.71. The van der Waals surface area contributed by atoms with Gasteiger partial charge in [-0.2, -0.15) is 0 Å². The fourth-order valence-electron chi connectivity index (χ4n) is 0.444. The van der Waals surface area contributed by atoms with Gasteiger partial charge in [-0.3, -0.25) is 10.1 Å². The van der Waals surface area contributed by atoms with Crippen molar-refractivity contribution < 1.29 is 4.79 Å². The van der Waals surface area contributed by atoms with Gasteiger partial charge in [0.2, 0.25) is 5.91 Å². The summed E-state index contributed by atoms with van der Waals surface area (Å²) in [5, 5.41) is 5.30. The molecule has 4 heteroatoms. The van der Waals surface area contributed by atoms with Crippen LogP contribution in [0.2, 0.25) is 0 Å². The summed E-state index contributed by atoms with van der Waals surface area (Å²) in [6, 6.07) is 0. The van der Waals surface area contributed by atoms with E-state index in [2.05, 4.69) is 23.3 Å². The summed E-state index contributed by atoms with van der Waals surface area (Å²) in [6.07, 6.45) is 0. The van der Waals surface area contributed by atoms with Crippen molar-refractivity contribution in [3.63, 3.8) is 0 Å². The molecule has 2 N–H and O–H groups in total. The fourth-order valence-corrected chi connectivity index (χ4v) is 0.679. The van der Waals surface area contributed by atoms with Gasteiger partial charge in [-0.1, -0.05) is 0 Å². The number of rotatable bonds is 0. The van der Waals surface area contributed by atoms with Crippen LogP contribution in [0.15, 0.2) is 0 Å². The number of carbonyl (C=O) groups excluding carboxylic acids is 1. The maximum absolute atomic E-state index is 10.2. The quantitative estimate of drug-likeness (QED) is 0.354. The van der Waals surface area contributed by atoms with Gasteiger partial charge in [0.1, 0.15) is 5.50 Å². The molecule has 0 aromatic carbocycles. The van der Waals surface area contributed by atoms with E-state index in [1.165, 1.54) is 0 Å². The van der Waals surface area contributed by atoms with Gasteiger partial charge in [-0.25, -0.2) is 0 Å². The minimum Gasteiger partial charge on any atom is -0.331 e. The smallest absolute Gasteiger partial charge is 0.235 e. The standard InChI is InChI=1S/C3H6N2OS/c6-2-1-4-3(7)5-2/h3-4,7H,1H2,(H,5,6). The average Bonchev–Trinajstić information content (AvgIpc) is 1.87. The Balaban J connectivity index is 2.40. The molecule has 3 nitrogen and oxygen atoms in total. The van der Waals surface area contributed by atoms with Crippen molar-refractivity contribution in [2.75, 3.05) is 6.54 Å². The lowest BCUT2D eigenvalue weighted by Crippen LogP contribution is -2.25. The molecule has 0 radical (unpaired) electrons. The van der Waals surface area contributed by atoms with Gasteiger partial charge in [-0.15, -0.1) is 12.6 Å². The molecule has 1 aliphatic heterocycles. The lowest BCUT2D eigenvalue weighted by Gasteiger charge is -1.95. The first-order valence-electron chi connectivity index (χ1n) is 2.00. The van der Waals surface area contributed by atoms with Gasteiger partial charge in [0.15, 0.2) is 0 Å². The summed E-state index contributed by atoms with van der Waals surface area (Å²) in [5.41, 5.74) is -0.132. The van der Waals surface area contributed by atoms with E-state index >= 15 is 0 Å². The van der Waals surface area contributed by atoms with E-state index in [0.717, 1.165) is 0 Å². The molecule has 40 valence electrons. The molecule has 1 aliphatic rings. The van der Waals surface area contributed by atoms with Crippen LogP contribution >= 0.6 is 12.6 Å². The zero-order chi connectivity index (χ0) is 5.28. The van der Waals surface area contributed by atoms with Crippen LogP contribution in [-0.2, 0) is 4.79 Å². The molecule has 1 amide bonds. The first-order chi connectivity index (χ1) is 3.29. The van der Waals surface area contributed by atoms with Crippen LogP contribution in [0.5, 0.6) is 0 Å². The van der Waals surface area contributed by atoms with Crippen LogP contribution < -0.4 is 10.6 Å². The molecule has 0 aromatic rings. The van der Waals surface area contributed by atoms with Gasteiger partial charge < -0.3 is 5.32 Å². The lowest BCUT2D eigenvalue weighted by molar-refractivity contribution is -0.118. The lowest BCUT2D eigenvalue weighted by atomic mass is 10.7. The molecule has 1 rings (SSSR count). The zero-order valence-corrected chi connectivity index (χ0v) is 4.53. The third-order valence-corrected chi connectivity index (χ3v) is 1.07. The predicted molar refractivity (Wildman–Crippen MR) is 28.9 cm³/mol. The van der Waals surface area contributed by atoms with Crippen molar-refractivity contribution in [2.24, 2.45) is 0 Å². The number of hydrogen-bond acceptors (Lipinski definition) is 3. The van der Waals surface area contributed by atoms with E-state index in [-0.39, 0.29) is 11.4 Å². The molecule has 1 fully saturated rings. The van der Waals surface area contributed by atoms with Crippen LogP contribution in [-0.4, -0.2) is 17.9 Å². The SMILES string of the molecule is O=C1CNC(S)N1. The first kappa shape index (κ1) is 4.93. The fraction of sp³-hybridized carbons (Fsp3) is 0.667.